The van der Waals surface area contributed by atoms with E-state index in [2.05, 4.69) is 32.3 Å². The highest BCUT2D eigenvalue weighted by molar-refractivity contribution is 5.80. The van der Waals surface area contributed by atoms with Crippen molar-refractivity contribution in [3.63, 3.8) is 0 Å². The molecule has 6 nitrogen and oxygen atoms in total. The first-order valence-electron chi connectivity index (χ1n) is 10.8. The molecule has 4 rings (SSSR count). The number of hydrogen-bond donors (Lipinski definition) is 1. The Hall–Kier alpha value is -3.41. The number of nitrogens with zero attached hydrogens (tertiary/aromatic N) is 3. The van der Waals surface area contributed by atoms with Crippen molar-refractivity contribution in [1.82, 2.24) is 15.3 Å². The highest BCUT2D eigenvalue weighted by Gasteiger charge is 2.28. The number of aromatic nitrogens is 2. The first kappa shape index (κ1) is 20.8. The van der Waals surface area contributed by atoms with Crippen molar-refractivity contribution in [2.24, 2.45) is 5.92 Å². The van der Waals surface area contributed by atoms with Crippen LogP contribution in [0.25, 0.3) is 0 Å². The van der Waals surface area contributed by atoms with Gasteiger partial charge in [-0.15, -0.1) is 0 Å². The molecular weight excluding hydrogens is 388 g/mol. The maximum absolute atomic E-state index is 13.2. The third-order valence-electron chi connectivity index (χ3n) is 5.68. The van der Waals surface area contributed by atoms with E-state index in [1.54, 1.807) is 18.6 Å². The Morgan fingerprint density at radius 2 is 1.77 bits per heavy atom. The maximum atomic E-state index is 13.2. The van der Waals surface area contributed by atoms with Gasteiger partial charge in [-0.3, -0.25) is 9.78 Å². The molecule has 0 saturated carbocycles. The lowest BCUT2D eigenvalue weighted by Crippen LogP contribution is -2.42. The number of piperidine rings is 1. The number of carbonyl (C=O) groups is 1. The van der Waals surface area contributed by atoms with Crippen molar-refractivity contribution in [1.29, 1.82) is 0 Å². The van der Waals surface area contributed by atoms with Gasteiger partial charge in [0.15, 0.2) is 0 Å². The van der Waals surface area contributed by atoms with Gasteiger partial charge in [0.05, 0.1) is 18.8 Å². The first-order chi connectivity index (χ1) is 15.2. The monoisotopic (exact) mass is 416 g/mol. The molecule has 1 N–H and O–H groups in total. The van der Waals surface area contributed by atoms with Crippen molar-refractivity contribution in [3.05, 3.63) is 84.3 Å². The Kier molecular flexibility index (Phi) is 6.77. The lowest BCUT2D eigenvalue weighted by molar-refractivity contribution is -0.126. The van der Waals surface area contributed by atoms with Crippen LogP contribution in [-0.2, 0) is 4.79 Å². The Morgan fingerprint density at radius 3 is 2.42 bits per heavy atom. The van der Waals surface area contributed by atoms with Crippen molar-refractivity contribution in [2.45, 2.75) is 25.8 Å². The van der Waals surface area contributed by atoms with E-state index >= 15 is 0 Å². The van der Waals surface area contributed by atoms with E-state index in [1.807, 2.05) is 49.4 Å². The molecule has 1 aliphatic heterocycles. The minimum Gasteiger partial charge on any atom is -0.494 e. The third-order valence-corrected chi connectivity index (χ3v) is 5.68. The van der Waals surface area contributed by atoms with Crippen LogP contribution in [0.2, 0.25) is 0 Å². The first-order valence-corrected chi connectivity index (χ1v) is 10.8. The van der Waals surface area contributed by atoms with Crippen LogP contribution in [0.3, 0.4) is 0 Å². The van der Waals surface area contributed by atoms with Crippen molar-refractivity contribution in [2.75, 3.05) is 24.6 Å². The lowest BCUT2D eigenvalue weighted by Gasteiger charge is -2.32. The topological polar surface area (TPSA) is 67.3 Å². The lowest BCUT2D eigenvalue weighted by atomic mass is 9.93. The summed E-state index contributed by atoms with van der Waals surface area (Å²) < 4.78 is 5.57. The molecule has 2 heterocycles. The summed E-state index contributed by atoms with van der Waals surface area (Å²) >= 11 is 0. The fraction of sp³-hybridized carbons (Fsp3) is 0.320. The summed E-state index contributed by atoms with van der Waals surface area (Å²) in [6, 6.07) is 17.9. The summed E-state index contributed by atoms with van der Waals surface area (Å²) in [6.07, 6.45) is 6.75. The molecule has 0 aliphatic carbocycles. The Bertz CT molecular complexity index is 956. The molecule has 3 aromatic rings. The molecule has 6 heteroatoms. The number of benzene rings is 2. The van der Waals surface area contributed by atoms with Gasteiger partial charge in [-0.2, -0.15) is 0 Å². The number of carbonyl (C=O) groups excluding carboxylic acids is 1. The van der Waals surface area contributed by atoms with Gasteiger partial charge in [0.25, 0.3) is 0 Å². The second kappa shape index (κ2) is 10.1. The summed E-state index contributed by atoms with van der Waals surface area (Å²) in [6.45, 7) is 4.20. The zero-order chi connectivity index (χ0) is 21.5. The van der Waals surface area contributed by atoms with Crippen LogP contribution in [-0.4, -0.2) is 35.6 Å². The van der Waals surface area contributed by atoms with Gasteiger partial charge in [0, 0.05) is 31.4 Å². The average molecular weight is 417 g/mol. The van der Waals surface area contributed by atoms with Gasteiger partial charge in [0.2, 0.25) is 5.91 Å². The van der Waals surface area contributed by atoms with Crippen LogP contribution >= 0.6 is 0 Å². The molecule has 0 bridgehead atoms. The van der Waals surface area contributed by atoms with Crippen LogP contribution in [0.1, 0.15) is 36.9 Å². The van der Waals surface area contributed by atoms with Gasteiger partial charge < -0.3 is 15.0 Å². The highest BCUT2D eigenvalue weighted by Crippen LogP contribution is 2.27. The molecule has 0 spiro atoms. The molecule has 1 fully saturated rings. The minimum atomic E-state index is -0.192. The van der Waals surface area contributed by atoms with E-state index < -0.39 is 0 Å². The fourth-order valence-electron chi connectivity index (χ4n) is 4.01. The zero-order valence-electron chi connectivity index (χ0n) is 17.8. The molecule has 2 aromatic carbocycles. The molecule has 1 aromatic heterocycles. The number of anilines is 1. The molecule has 0 radical (unpaired) electrons. The zero-order valence-corrected chi connectivity index (χ0v) is 17.8. The van der Waals surface area contributed by atoms with E-state index in [9.17, 15) is 4.79 Å². The van der Waals surface area contributed by atoms with Crippen LogP contribution < -0.4 is 15.0 Å². The maximum Gasteiger partial charge on any atom is 0.223 e. The predicted molar refractivity (Wildman–Crippen MR) is 121 cm³/mol. The normalized spacial score (nSPS) is 15.3. The molecule has 1 amide bonds. The molecule has 1 atom stereocenters. The van der Waals surface area contributed by atoms with Crippen LogP contribution in [0.5, 0.6) is 5.75 Å². The van der Waals surface area contributed by atoms with E-state index in [0.717, 1.165) is 48.6 Å². The molecule has 1 saturated heterocycles. The van der Waals surface area contributed by atoms with Crippen molar-refractivity contribution >= 4 is 11.7 Å². The SMILES string of the molecule is CCOc1ccc(C(NC(=O)C2CCN(c3cnccn3)CC2)c2ccccc2)cc1. The summed E-state index contributed by atoms with van der Waals surface area (Å²) in [5.41, 5.74) is 2.11. The molecule has 1 aliphatic rings. The Morgan fingerprint density at radius 1 is 1.06 bits per heavy atom. The average Bonchev–Trinajstić information content (AvgIpc) is 2.84. The minimum absolute atomic E-state index is 0.0122. The summed E-state index contributed by atoms with van der Waals surface area (Å²) in [4.78, 5) is 23.9. The number of hydrogen-bond acceptors (Lipinski definition) is 5. The number of nitrogens with one attached hydrogen (secondary N) is 1. The molecule has 31 heavy (non-hydrogen) atoms. The number of rotatable bonds is 7. The van der Waals surface area contributed by atoms with E-state index in [-0.39, 0.29) is 17.9 Å². The molecular formula is C25H28N4O2. The second-order valence-corrected chi connectivity index (χ2v) is 7.68. The van der Waals surface area contributed by atoms with Crippen LogP contribution in [0.4, 0.5) is 5.82 Å². The Labute approximate surface area is 183 Å². The highest BCUT2D eigenvalue weighted by atomic mass is 16.5. The summed E-state index contributed by atoms with van der Waals surface area (Å²) in [5.74, 6) is 1.79. The largest absolute Gasteiger partial charge is 0.494 e. The fourth-order valence-corrected chi connectivity index (χ4v) is 4.01. The second-order valence-electron chi connectivity index (χ2n) is 7.68. The van der Waals surface area contributed by atoms with Gasteiger partial charge in [-0.25, -0.2) is 4.98 Å². The van der Waals surface area contributed by atoms with Gasteiger partial charge in [-0.05, 0) is 43.0 Å². The summed E-state index contributed by atoms with van der Waals surface area (Å²) in [5, 5.41) is 3.30. The third kappa shape index (κ3) is 5.20. The van der Waals surface area contributed by atoms with Gasteiger partial charge in [0.1, 0.15) is 11.6 Å². The van der Waals surface area contributed by atoms with E-state index in [4.69, 9.17) is 4.74 Å². The smallest absolute Gasteiger partial charge is 0.223 e. The Balaban J connectivity index is 1.45. The van der Waals surface area contributed by atoms with Crippen molar-refractivity contribution < 1.29 is 9.53 Å². The number of amides is 1. The van der Waals surface area contributed by atoms with Crippen LogP contribution in [0, 0.1) is 5.92 Å². The molecule has 160 valence electrons. The van der Waals surface area contributed by atoms with Gasteiger partial charge >= 0.3 is 0 Å². The van der Waals surface area contributed by atoms with Crippen LogP contribution in [0.15, 0.2) is 73.2 Å². The number of ether oxygens (including phenoxy) is 1. The van der Waals surface area contributed by atoms with E-state index in [0.29, 0.717) is 6.61 Å². The quantitative estimate of drug-likeness (QED) is 0.631. The molecule has 1 unspecified atom stereocenters. The standard InChI is InChI=1S/C25H28N4O2/c1-2-31-22-10-8-20(9-11-22)24(19-6-4-3-5-7-19)28-25(30)21-12-16-29(17-13-21)23-18-26-14-15-27-23/h3-11,14-15,18,21,24H,2,12-13,16-17H2,1H3,(H,28,30). The summed E-state index contributed by atoms with van der Waals surface area (Å²) in [7, 11) is 0. The van der Waals surface area contributed by atoms with E-state index in [1.165, 1.54) is 0 Å². The van der Waals surface area contributed by atoms with Gasteiger partial charge in [-0.1, -0.05) is 42.5 Å². The predicted octanol–water partition coefficient (Wildman–Crippen LogP) is 4.00. The van der Waals surface area contributed by atoms with Crippen molar-refractivity contribution in [3.8, 4) is 5.75 Å².